The molecule has 0 aliphatic heterocycles. The molecule has 1 nitrogen and oxygen atoms in total. The molecule has 9 rings (SSSR count). The van der Waals surface area contributed by atoms with Crippen LogP contribution in [0.3, 0.4) is 0 Å². The Hall–Kier alpha value is -6.44. The monoisotopic (exact) mass is 623 g/mol. The van der Waals surface area contributed by atoms with Crippen molar-refractivity contribution in [2.24, 2.45) is 0 Å². The summed E-state index contributed by atoms with van der Waals surface area (Å²) in [6.45, 7) is 0. The summed E-state index contributed by atoms with van der Waals surface area (Å²) in [5.74, 6) is 0. The molecule has 0 radical (unpaired) electrons. The fraction of sp³-hybridized carbons (Fsp3) is 0. The summed E-state index contributed by atoms with van der Waals surface area (Å²) in [6.07, 6.45) is 0. The van der Waals surface area contributed by atoms with Crippen LogP contribution in [0.15, 0.2) is 200 Å². The largest absolute Gasteiger partial charge is 0.310 e. The van der Waals surface area contributed by atoms with Crippen LogP contribution < -0.4 is 4.90 Å². The van der Waals surface area contributed by atoms with Crippen molar-refractivity contribution in [1.29, 1.82) is 0 Å². The van der Waals surface area contributed by atoms with Crippen molar-refractivity contribution in [2.75, 3.05) is 4.90 Å². The Morgan fingerprint density at radius 1 is 0.245 bits per heavy atom. The minimum absolute atomic E-state index is 1.11. The number of fused-ring (bicyclic) bond motifs is 6. The molecule has 0 fully saturated rings. The Morgan fingerprint density at radius 3 is 1.20 bits per heavy atom. The van der Waals surface area contributed by atoms with E-state index in [1.807, 2.05) is 0 Å². The molecule has 9 aromatic rings. The topological polar surface area (TPSA) is 3.24 Å². The number of benzene rings is 9. The fourth-order valence-electron chi connectivity index (χ4n) is 7.28. The average Bonchev–Trinajstić information content (AvgIpc) is 3.19. The maximum Gasteiger partial charge on any atom is 0.0540 e. The molecule has 0 aliphatic carbocycles. The van der Waals surface area contributed by atoms with E-state index in [0.29, 0.717) is 0 Å². The standard InChI is InChI=1S/C48H33N/c1-3-13-34(14-4-1)36-23-25-38(26-24-36)41-17-11-12-22-48(41)49(39-29-27-37(28-30-39)35-15-5-2-6-16-35)40-31-32-46-44-20-8-7-18-42(44)43-19-9-10-21-45(43)47(46)33-40/h1-33H. The normalized spacial score (nSPS) is 11.3. The SMILES string of the molecule is c1ccc(-c2ccc(-c3ccccc3N(c3ccc(-c4ccccc4)cc3)c3ccc4c5ccccc5c5ccccc5c4c3)cc2)cc1. The van der Waals surface area contributed by atoms with Gasteiger partial charge in [-0.2, -0.15) is 0 Å². The van der Waals surface area contributed by atoms with Crippen LogP contribution in [0.25, 0.3) is 65.7 Å². The molecular formula is C48H33N. The number of hydrogen-bond acceptors (Lipinski definition) is 1. The lowest BCUT2D eigenvalue weighted by molar-refractivity contribution is 1.29. The molecule has 0 bridgehead atoms. The zero-order chi connectivity index (χ0) is 32.6. The zero-order valence-electron chi connectivity index (χ0n) is 27.0. The van der Waals surface area contributed by atoms with Gasteiger partial charge in [-0.05, 0) is 90.5 Å². The molecule has 0 saturated heterocycles. The van der Waals surface area contributed by atoms with E-state index in [4.69, 9.17) is 0 Å². The third-order valence-electron chi connectivity index (χ3n) is 9.67. The maximum absolute atomic E-state index is 2.42. The molecule has 0 atom stereocenters. The van der Waals surface area contributed by atoms with Crippen LogP contribution in [0.2, 0.25) is 0 Å². The van der Waals surface area contributed by atoms with Gasteiger partial charge in [0.05, 0.1) is 5.69 Å². The predicted octanol–water partition coefficient (Wildman–Crippen LogP) is 13.6. The quantitative estimate of drug-likeness (QED) is 0.167. The summed E-state index contributed by atoms with van der Waals surface area (Å²) in [5.41, 5.74) is 10.6. The average molecular weight is 624 g/mol. The Bertz CT molecular complexity index is 2530. The number of anilines is 3. The lowest BCUT2D eigenvalue weighted by atomic mass is 9.93. The van der Waals surface area contributed by atoms with Gasteiger partial charge in [-0.1, -0.05) is 170 Å². The van der Waals surface area contributed by atoms with Crippen LogP contribution in [0.5, 0.6) is 0 Å². The van der Waals surface area contributed by atoms with Gasteiger partial charge in [0.15, 0.2) is 0 Å². The van der Waals surface area contributed by atoms with E-state index in [1.165, 1.54) is 65.7 Å². The molecule has 1 heteroatoms. The Morgan fingerprint density at radius 2 is 0.633 bits per heavy atom. The Balaban J connectivity index is 1.24. The number of nitrogens with zero attached hydrogens (tertiary/aromatic N) is 1. The van der Waals surface area contributed by atoms with Crippen molar-refractivity contribution in [2.45, 2.75) is 0 Å². The van der Waals surface area contributed by atoms with E-state index < -0.39 is 0 Å². The number of hydrogen-bond donors (Lipinski definition) is 0. The third-order valence-corrected chi connectivity index (χ3v) is 9.67. The first-order valence-corrected chi connectivity index (χ1v) is 16.9. The summed E-state index contributed by atoms with van der Waals surface area (Å²) in [7, 11) is 0. The van der Waals surface area contributed by atoms with Gasteiger partial charge in [-0.15, -0.1) is 0 Å². The van der Waals surface area contributed by atoms with Crippen molar-refractivity contribution in [1.82, 2.24) is 0 Å². The second-order valence-electron chi connectivity index (χ2n) is 12.5. The fourth-order valence-corrected chi connectivity index (χ4v) is 7.28. The molecule has 49 heavy (non-hydrogen) atoms. The van der Waals surface area contributed by atoms with E-state index in [0.717, 1.165) is 17.1 Å². The lowest BCUT2D eigenvalue weighted by Crippen LogP contribution is -2.11. The highest BCUT2D eigenvalue weighted by molar-refractivity contribution is 6.25. The number of rotatable bonds is 6. The molecule has 0 spiro atoms. The van der Waals surface area contributed by atoms with Gasteiger partial charge in [0.2, 0.25) is 0 Å². The molecule has 0 amide bonds. The van der Waals surface area contributed by atoms with E-state index >= 15 is 0 Å². The Kier molecular flexibility index (Phi) is 7.22. The summed E-state index contributed by atoms with van der Waals surface area (Å²) < 4.78 is 0. The van der Waals surface area contributed by atoms with Crippen LogP contribution in [-0.2, 0) is 0 Å². The molecule has 230 valence electrons. The maximum atomic E-state index is 2.42. The first-order chi connectivity index (χ1) is 24.3. The van der Waals surface area contributed by atoms with Crippen molar-refractivity contribution in [3.05, 3.63) is 200 Å². The molecule has 0 heterocycles. The molecule has 0 N–H and O–H groups in total. The minimum Gasteiger partial charge on any atom is -0.310 e. The smallest absolute Gasteiger partial charge is 0.0540 e. The van der Waals surface area contributed by atoms with Gasteiger partial charge in [-0.25, -0.2) is 0 Å². The van der Waals surface area contributed by atoms with Crippen LogP contribution >= 0.6 is 0 Å². The highest BCUT2D eigenvalue weighted by atomic mass is 15.1. The lowest BCUT2D eigenvalue weighted by Gasteiger charge is -2.28. The summed E-state index contributed by atoms with van der Waals surface area (Å²) in [6, 6.07) is 72.4. The van der Waals surface area contributed by atoms with Crippen LogP contribution in [0.4, 0.5) is 17.1 Å². The summed E-state index contributed by atoms with van der Waals surface area (Å²) in [4.78, 5) is 2.42. The first-order valence-electron chi connectivity index (χ1n) is 16.9. The van der Waals surface area contributed by atoms with Crippen molar-refractivity contribution >= 4 is 49.4 Å². The molecule has 9 aromatic carbocycles. The van der Waals surface area contributed by atoms with E-state index in [9.17, 15) is 0 Å². The molecule has 0 aromatic heterocycles. The van der Waals surface area contributed by atoms with Gasteiger partial charge >= 0.3 is 0 Å². The molecular weight excluding hydrogens is 591 g/mol. The first kappa shape index (κ1) is 28.8. The second kappa shape index (κ2) is 12.3. The summed E-state index contributed by atoms with van der Waals surface area (Å²) in [5, 5.41) is 7.63. The van der Waals surface area contributed by atoms with Gasteiger partial charge < -0.3 is 4.90 Å². The molecule has 0 aliphatic rings. The van der Waals surface area contributed by atoms with Crippen molar-refractivity contribution in [3.63, 3.8) is 0 Å². The van der Waals surface area contributed by atoms with Crippen molar-refractivity contribution < 1.29 is 0 Å². The van der Waals surface area contributed by atoms with E-state index in [2.05, 4.69) is 205 Å². The van der Waals surface area contributed by atoms with E-state index in [1.54, 1.807) is 0 Å². The molecule has 0 unspecified atom stereocenters. The van der Waals surface area contributed by atoms with Crippen LogP contribution in [0.1, 0.15) is 0 Å². The van der Waals surface area contributed by atoms with Crippen LogP contribution in [-0.4, -0.2) is 0 Å². The highest BCUT2D eigenvalue weighted by Gasteiger charge is 2.19. The van der Waals surface area contributed by atoms with Crippen molar-refractivity contribution in [3.8, 4) is 33.4 Å². The van der Waals surface area contributed by atoms with Gasteiger partial charge in [0.1, 0.15) is 0 Å². The minimum atomic E-state index is 1.11. The number of para-hydroxylation sites is 1. The zero-order valence-corrected chi connectivity index (χ0v) is 27.0. The van der Waals surface area contributed by atoms with Gasteiger partial charge in [-0.3, -0.25) is 0 Å². The summed E-state index contributed by atoms with van der Waals surface area (Å²) >= 11 is 0. The Labute approximate surface area is 287 Å². The second-order valence-corrected chi connectivity index (χ2v) is 12.5. The van der Waals surface area contributed by atoms with Gasteiger partial charge in [0, 0.05) is 16.9 Å². The molecule has 0 saturated carbocycles. The highest BCUT2D eigenvalue weighted by Crippen LogP contribution is 2.44. The van der Waals surface area contributed by atoms with Crippen LogP contribution in [0, 0.1) is 0 Å². The predicted molar refractivity (Wildman–Crippen MR) is 210 cm³/mol. The van der Waals surface area contributed by atoms with Gasteiger partial charge in [0.25, 0.3) is 0 Å². The third kappa shape index (κ3) is 5.23. The van der Waals surface area contributed by atoms with E-state index in [-0.39, 0.29) is 0 Å².